The molecule has 1 aromatic heterocycles. The molecule has 24 heavy (non-hydrogen) atoms. The van der Waals surface area contributed by atoms with E-state index in [0.29, 0.717) is 24.5 Å². The lowest BCUT2D eigenvalue weighted by Gasteiger charge is -2.32. The van der Waals surface area contributed by atoms with Crippen LogP contribution in [0.15, 0.2) is 29.2 Å². The lowest BCUT2D eigenvalue weighted by atomic mass is 10.1. The maximum absolute atomic E-state index is 13.0. The van der Waals surface area contributed by atoms with E-state index in [1.165, 1.54) is 4.31 Å². The average molecular weight is 351 g/mol. The molecule has 0 aliphatic carbocycles. The molecule has 1 aliphatic rings. The Morgan fingerprint density at radius 1 is 1.29 bits per heavy atom. The summed E-state index contributed by atoms with van der Waals surface area (Å²) < 4.78 is 38.3. The summed E-state index contributed by atoms with van der Waals surface area (Å²) in [5, 5.41) is 6.73. The van der Waals surface area contributed by atoms with Crippen molar-refractivity contribution in [2.45, 2.75) is 24.8 Å². The molecular weight excluding hydrogens is 330 g/mol. The van der Waals surface area contributed by atoms with Crippen molar-refractivity contribution in [3.05, 3.63) is 41.2 Å². The average Bonchev–Trinajstić information content (AvgIpc) is 2.94. The predicted octanol–water partition coefficient (Wildman–Crippen LogP) is 1.80. The van der Waals surface area contributed by atoms with Gasteiger partial charge in [-0.1, -0.05) is 12.1 Å². The molecule has 1 unspecified atom stereocenters. The zero-order chi connectivity index (χ0) is 17.3. The Balaban J connectivity index is 1.85. The number of morpholine rings is 1. The quantitative estimate of drug-likeness (QED) is 0.908. The highest BCUT2D eigenvalue weighted by Crippen LogP contribution is 2.29. The van der Waals surface area contributed by atoms with Gasteiger partial charge in [0.15, 0.2) is 0 Å². The number of ether oxygens (including phenoxy) is 2. The minimum absolute atomic E-state index is 0.262. The van der Waals surface area contributed by atoms with Crippen LogP contribution in [-0.2, 0) is 14.8 Å². The third kappa shape index (κ3) is 3.04. The molecule has 1 atom stereocenters. The van der Waals surface area contributed by atoms with Crippen molar-refractivity contribution in [2.75, 3.05) is 26.8 Å². The first kappa shape index (κ1) is 16.9. The molecule has 1 aliphatic heterocycles. The van der Waals surface area contributed by atoms with Crippen molar-refractivity contribution in [1.29, 1.82) is 0 Å². The Morgan fingerprint density at radius 2 is 2.00 bits per heavy atom. The number of benzene rings is 1. The Kier molecular flexibility index (Phi) is 4.62. The number of rotatable bonds is 4. The summed E-state index contributed by atoms with van der Waals surface area (Å²) in [5.41, 5.74) is 1.97. The molecule has 0 spiro atoms. The molecule has 0 amide bonds. The fourth-order valence-electron chi connectivity index (χ4n) is 2.91. The summed E-state index contributed by atoms with van der Waals surface area (Å²) in [4.78, 5) is 0.262. The van der Waals surface area contributed by atoms with E-state index in [4.69, 9.17) is 9.47 Å². The summed E-state index contributed by atoms with van der Waals surface area (Å²) in [7, 11) is -1.99. The largest absolute Gasteiger partial charge is 0.497 e. The number of methoxy groups -OCH3 is 1. The van der Waals surface area contributed by atoms with Gasteiger partial charge in [-0.25, -0.2) is 8.42 Å². The molecule has 8 heteroatoms. The molecule has 1 aromatic carbocycles. The summed E-state index contributed by atoms with van der Waals surface area (Å²) in [6, 6.07) is 7.48. The monoisotopic (exact) mass is 351 g/mol. The third-order valence-electron chi connectivity index (χ3n) is 4.18. The van der Waals surface area contributed by atoms with E-state index in [1.54, 1.807) is 21.0 Å². The van der Waals surface area contributed by atoms with Gasteiger partial charge in [-0.15, -0.1) is 0 Å². The van der Waals surface area contributed by atoms with Gasteiger partial charge in [-0.2, -0.15) is 9.40 Å². The minimum Gasteiger partial charge on any atom is -0.497 e. The van der Waals surface area contributed by atoms with E-state index in [1.807, 2.05) is 24.3 Å². The molecule has 0 saturated carbocycles. The molecule has 130 valence electrons. The van der Waals surface area contributed by atoms with Gasteiger partial charge in [0.2, 0.25) is 10.0 Å². The van der Waals surface area contributed by atoms with Crippen molar-refractivity contribution in [3.8, 4) is 5.75 Å². The van der Waals surface area contributed by atoms with Crippen LogP contribution in [0.1, 0.15) is 23.1 Å². The zero-order valence-corrected chi connectivity index (χ0v) is 14.8. The van der Waals surface area contributed by atoms with Crippen molar-refractivity contribution < 1.29 is 17.9 Å². The van der Waals surface area contributed by atoms with Crippen molar-refractivity contribution >= 4 is 10.0 Å². The van der Waals surface area contributed by atoms with Gasteiger partial charge in [0.05, 0.1) is 31.2 Å². The van der Waals surface area contributed by atoms with E-state index in [0.717, 1.165) is 11.3 Å². The van der Waals surface area contributed by atoms with Gasteiger partial charge in [0.25, 0.3) is 0 Å². The first-order valence-corrected chi connectivity index (χ1v) is 9.14. The topological polar surface area (TPSA) is 84.5 Å². The van der Waals surface area contributed by atoms with Crippen LogP contribution in [0.5, 0.6) is 5.75 Å². The molecule has 0 bridgehead atoms. The van der Waals surface area contributed by atoms with Crippen LogP contribution in [0.25, 0.3) is 0 Å². The van der Waals surface area contributed by atoms with Crippen LogP contribution in [0.2, 0.25) is 0 Å². The van der Waals surface area contributed by atoms with Gasteiger partial charge >= 0.3 is 0 Å². The number of sulfonamides is 1. The Labute approximate surface area is 141 Å². The van der Waals surface area contributed by atoms with Gasteiger partial charge in [0, 0.05) is 13.1 Å². The van der Waals surface area contributed by atoms with E-state index in [-0.39, 0.29) is 17.5 Å². The normalized spacial score (nSPS) is 19.4. The number of aromatic nitrogens is 2. The highest BCUT2D eigenvalue weighted by Gasteiger charge is 2.34. The number of hydrogen-bond acceptors (Lipinski definition) is 5. The van der Waals surface area contributed by atoms with Crippen molar-refractivity contribution in [1.82, 2.24) is 14.5 Å². The van der Waals surface area contributed by atoms with E-state index in [2.05, 4.69) is 10.2 Å². The summed E-state index contributed by atoms with van der Waals surface area (Å²) >= 11 is 0. The predicted molar refractivity (Wildman–Crippen MR) is 88.5 cm³/mol. The van der Waals surface area contributed by atoms with Crippen LogP contribution in [-0.4, -0.2) is 49.7 Å². The first-order valence-electron chi connectivity index (χ1n) is 7.70. The van der Waals surface area contributed by atoms with Crippen LogP contribution in [0, 0.1) is 13.8 Å². The highest BCUT2D eigenvalue weighted by atomic mass is 32.2. The van der Waals surface area contributed by atoms with Crippen LogP contribution >= 0.6 is 0 Å². The van der Waals surface area contributed by atoms with Gasteiger partial charge < -0.3 is 9.47 Å². The SMILES string of the molecule is COc1ccc(C2CN(S(=O)(=O)c3c(C)n[nH]c3C)CCO2)cc1. The Hall–Kier alpha value is -1.90. The molecule has 3 rings (SSSR count). The fourth-order valence-corrected chi connectivity index (χ4v) is 4.67. The first-order chi connectivity index (χ1) is 11.4. The minimum atomic E-state index is -3.60. The Bertz CT molecular complexity index is 795. The van der Waals surface area contributed by atoms with Gasteiger partial charge in [-0.3, -0.25) is 5.10 Å². The fraction of sp³-hybridized carbons (Fsp3) is 0.438. The maximum Gasteiger partial charge on any atom is 0.246 e. The van der Waals surface area contributed by atoms with E-state index >= 15 is 0 Å². The summed E-state index contributed by atoms with van der Waals surface area (Å²) in [6.07, 6.45) is -0.299. The maximum atomic E-state index is 13.0. The third-order valence-corrected chi connectivity index (χ3v) is 6.30. The second-order valence-corrected chi connectivity index (χ2v) is 7.63. The second kappa shape index (κ2) is 6.54. The number of aryl methyl sites for hydroxylation is 2. The number of hydrogen-bond donors (Lipinski definition) is 1. The van der Waals surface area contributed by atoms with Crippen molar-refractivity contribution in [3.63, 3.8) is 0 Å². The summed E-state index contributed by atoms with van der Waals surface area (Å²) in [5.74, 6) is 0.753. The molecule has 2 heterocycles. The molecule has 1 fully saturated rings. The second-order valence-electron chi connectivity index (χ2n) is 5.76. The molecular formula is C16H21N3O4S. The summed E-state index contributed by atoms with van der Waals surface area (Å²) in [6.45, 7) is 4.37. The van der Waals surface area contributed by atoms with Crippen LogP contribution in [0.3, 0.4) is 0 Å². The van der Waals surface area contributed by atoms with Crippen LogP contribution in [0.4, 0.5) is 0 Å². The molecule has 7 nitrogen and oxygen atoms in total. The number of nitrogens with one attached hydrogen (secondary N) is 1. The van der Waals surface area contributed by atoms with Crippen molar-refractivity contribution in [2.24, 2.45) is 0 Å². The molecule has 1 saturated heterocycles. The number of aromatic amines is 1. The van der Waals surface area contributed by atoms with Crippen LogP contribution < -0.4 is 4.74 Å². The highest BCUT2D eigenvalue weighted by molar-refractivity contribution is 7.89. The van der Waals surface area contributed by atoms with E-state index in [9.17, 15) is 8.42 Å². The molecule has 0 radical (unpaired) electrons. The number of nitrogens with zero attached hydrogens (tertiary/aromatic N) is 2. The standard InChI is InChI=1S/C16H21N3O4S/c1-11-16(12(2)18-17-11)24(20,21)19-8-9-23-15(10-19)13-4-6-14(22-3)7-5-13/h4-7,15H,8-10H2,1-3H3,(H,17,18). The number of H-pyrrole nitrogens is 1. The smallest absolute Gasteiger partial charge is 0.246 e. The Morgan fingerprint density at radius 3 is 2.58 bits per heavy atom. The lowest BCUT2D eigenvalue weighted by Crippen LogP contribution is -2.42. The molecule has 1 N–H and O–H groups in total. The molecule has 2 aromatic rings. The van der Waals surface area contributed by atoms with Gasteiger partial charge in [0.1, 0.15) is 10.6 Å². The van der Waals surface area contributed by atoms with Gasteiger partial charge in [-0.05, 0) is 31.5 Å². The lowest BCUT2D eigenvalue weighted by molar-refractivity contribution is -0.00259. The zero-order valence-electron chi connectivity index (χ0n) is 13.9. The van der Waals surface area contributed by atoms with E-state index < -0.39 is 10.0 Å².